The third kappa shape index (κ3) is 3.23. The maximum atomic E-state index is 13.6. The van der Waals surface area contributed by atoms with Gasteiger partial charge in [0, 0.05) is 17.8 Å². The van der Waals surface area contributed by atoms with Crippen LogP contribution >= 0.6 is 0 Å². The number of benzene rings is 2. The number of aryl methyl sites for hydroxylation is 2. The van der Waals surface area contributed by atoms with Crippen LogP contribution in [0.2, 0.25) is 0 Å². The fraction of sp³-hybridized carbons (Fsp3) is 0.158. The van der Waals surface area contributed by atoms with Crippen molar-refractivity contribution in [2.75, 3.05) is 5.32 Å². The predicted molar refractivity (Wildman–Crippen MR) is 94.0 cm³/mol. The Morgan fingerprint density at radius 2 is 1.92 bits per heavy atom. The van der Waals surface area contributed by atoms with E-state index in [2.05, 4.69) is 5.32 Å². The molecule has 134 valence electrons. The first-order valence-corrected chi connectivity index (χ1v) is 7.80. The molecule has 0 saturated heterocycles. The molecule has 0 saturated carbocycles. The third-order valence-electron chi connectivity index (χ3n) is 4.14. The first kappa shape index (κ1) is 17.5. The molecular weight excluding hydrogens is 341 g/mol. The topological polar surface area (TPSA) is 99.8 Å². The second kappa shape index (κ2) is 6.51. The first-order chi connectivity index (χ1) is 12.3. The molecule has 0 aliphatic rings. The van der Waals surface area contributed by atoms with Crippen LogP contribution in [0.4, 0.5) is 10.1 Å². The van der Waals surface area contributed by atoms with Crippen molar-refractivity contribution in [3.05, 3.63) is 63.3 Å². The van der Waals surface area contributed by atoms with Gasteiger partial charge in [0.25, 0.3) is 0 Å². The third-order valence-corrected chi connectivity index (χ3v) is 4.14. The highest BCUT2D eigenvalue weighted by atomic mass is 19.1. The summed E-state index contributed by atoms with van der Waals surface area (Å²) in [5.74, 6) is -1.48. The van der Waals surface area contributed by atoms with E-state index < -0.39 is 17.3 Å². The van der Waals surface area contributed by atoms with Gasteiger partial charge < -0.3 is 19.9 Å². The number of anilines is 1. The summed E-state index contributed by atoms with van der Waals surface area (Å²) in [7, 11) is 0. The van der Waals surface area contributed by atoms with E-state index in [0.717, 1.165) is 6.07 Å². The molecule has 0 aliphatic heterocycles. The number of amides is 1. The lowest BCUT2D eigenvalue weighted by atomic mass is 10.0. The van der Waals surface area contributed by atoms with Crippen molar-refractivity contribution < 1.29 is 23.8 Å². The lowest BCUT2D eigenvalue weighted by Gasteiger charge is -2.10. The van der Waals surface area contributed by atoms with Gasteiger partial charge in [0.15, 0.2) is 0 Å². The second-order valence-electron chi connectivity index (χ2n) is 6.02. The summed E-state index contributed by atoms with van der Waals surface area (Å²) >= 11 is 0. The van der Waals surface area contributed by atoms with Crippen LogP contribution in [0.5, 0.6) is 11.5 Å². The molecule has 0 atom stereocenters. The van der Waals surface area contributed by atoms with Crippen LogP contribution in [0.25, 0.3) is 11.0 Å². The van der Waals surface area contributed by atoms with E-state index in [0.29, 0.717) is 11.1 Å². The van der Waals surface area contributed by atoms with Gasteiger partial charge in [-0.15, -0.1) is 0 Å². The van der Waals surface area contributed by atoms with Gasteiger partial charge in [0.05, 0.1) is 17.4 Å². The second-order valence-corrected chi connectivity index (χ2v) is 6.02. The Labute approximate surface area is 147 Å². The molecule has 1 heterocycles. The van der Waals surface area contributed by atoms with E-state index >= 15 is 0 Å². The van der Waals surface area contributed by atoms with Gasteiger partial charge in [-0.25, -0.2) is 9.18 Å². The molecule has 0 fully saturated rings. The Hall–Kier alpha value is -3.35. The van der Waals surface area contributed by atoms with E-state index in [4.69, 9.17) is 4.42 Å². The minimum absolute atomic E-state index is 0.0229. The van der Waals surface area contributed by atoms with Crippen LogP contribution in [-0.4, -0.2) is 16.1 Å². The van der Waals surface area contributed by atoms with Gasteiger partial charge in [-0.1, -0.05) is 6.07 Å². The van der Waals surface area contributed by atoms with Crippen LogP contribution in [-0.2, 0) is 11.2 Å². The van der Waals surface area contributed by atoms with E-state index in [9.17, 15) is 24.2 Å². The highest BCUT2D eigenvalue weighted by Gasteiger charge is 2.18. The average Bonchev–Trinajstić information content (AvgIpc) is 2.54. The zero-order chi connectivity index (χ0) is 19.0. The number of phenolic OH excluding ortho intramolecular Hbond substituents is 2. The van der Waals surface area contributed by atoms with Crippen molar-refractivity contribution in [2.24, 2.45) is 0 Å². The molecule has 0 unspecified atom stereocenters. The summed E-state index contributed by atoms with van der Waals surface area (Å²) in [4.78, 5) is 24.4. The van der Waals surface area contributed by atoms with Crippen molar-refractivity contribution >= 4 is 22.6 Å². The number of hydrogen-bond donors (Lipinski definition) is 3. The molecule has 3 N–H and O–H groups in total. The number of halogens is 1. The molecule has 0 aliphatic carbocycles. The van der Waals surface area contributed by atoms with Gasteiger partial charge in [-0.2, -0.15) is 0 Å². The summed E-state index contributed by atoms with van der Waals surface area (Å²) in [5.41, 5.74) is 0.448. The maximum Gasteiger partial charge on any atom is 0.340 e. The Morgan fingerprint density at radius 3 is 2.62 bits per heavy atom. The van der Waals surface area contributed by atoms with Gasteiger partial charge in [-0.05, 0) is 37.1 Å². The van der Waals surface area contributed by atoms with Gasteiger partial charge in [0.2, 0.25) is 5.91 Å². The normalized spacial score (nSPS) is 10.9. The van der Waals surface area contributed by atoms with Crippen LogP contribution in [0.1, 0.15) is 16.7 Å². The lowest BCUT2D eigenvalue weighted by molar-refractivity contribution is -0.115. The molecule has 3 aromatic rings. The van der Waals surface area contributed by atoms with Crippen LogP contribution in [0.15, 0.2) is 39.5 Å². The largest absolute Gasteiger partial charge is 0.508 e. The van der Waals surface area contributed by atoms with Gasteiger partial charge >= 0.3 is 5.63 Å². The van der Waals surface area contributed by atoms with Crippen molar-refractivity contribution in [2.45, 2.75) is 20.3 Å². The number of aromatic hydroxyl groups is 2. The average molecular weight is 357 g/mol. The first-order valence-electron chi connectivity index (χ1n) is 7.80. The van der Waals surface area contributed by atoms with Crippen LogP contribution in [0, 0.1) is 19.7 Å². The molecule has 2 aromatic carbocycles. The minimum Gasteiger partial charge on any atom is -0.508 e. The van der Waals surface area contributed by atoms with Crippen molar-refractivity contribution in [1.82, 2.24) is 0 Å². The van der Waals surface area contributed by atoms with Crippen molar-refractivity contribution in [1.29, 1.82) is 0 Å². The molecule has 6 nitrogen and oxygen atoms in total. The molecular formula is C19H16FNO5. The summed E-state index contributed by atoms with van der Waals surface area (Å²) in [6, 6.07) is 6.61. The number of hydrogen-bond acceptors (Lipinski definition) is 5. The number of carbonyl (C=O) groups excluding carboxylic acids is 1. The zero-order valence-electron chi connectivity index (χ0n) is 14.1. The lowest BCUT2D eigenvalue weighted by Crippen LogP contribution is -2.20. The maximum absolute atomic E-state index is 13.6. The molecule has 0 spiro atoms. The summed E-state index contributed by atoms with van der Waals surface area (Å²) in [6.45, 7) is 3.18. The molecule has 26 heavy (non-hydrogen) atoms. The zero-order valence-corrected chi connectivity index (χ0v) is 14.1. The Kier molecular flexibility index (Phi) is 4.38. The van der Waals surface area contributed by atoms with Crippen LogP contribution in [0.3, 0.4) is 0 Å². The number of nitrogens with one attached hydrogen (secondary N) is 1. The number of carbonyl (C=O) groups is 1. The predicted octanol–water partition coefficient (Wildman–Crippen LogP) is 3.14. The monoisotopic (exact) mass is 357 g/mol. The number of rotatable bonds is 3. The Balaban J connectivity index is 1.94. The SMILES string of the molecule is Cc1ccc(NC(=O)Cc2c(C)c3c(O)cc(O)cc3oc2=O)cc1F. The van der Waals surface area contributed by atoms with E-state index in [1.807, 2.05) is 0 Å². The van der Waals surface area contributed by atoms with Crippen molar-refractivity contribution in [3.63, 3.8) is 0 Å². The standard InChI is InChI=1S/C19H16FNO5/c1-9-3-4-11(5-14(9)20)21-17(24)8-13-10(2)18-15(23)6-12(22)7-16(18)26-19(13)25/h3-7,22-23H,8H2,1-2H3,(H,21,24). The van der Waals surface area contributed by atoms with Gasteiger partial charge in [0.1, 0.15) is 22.9 Å². The number of phenols is 2. The quantitative estimate of drug-likeness (QED) is 0.625. The molecule has 0 radical (unpaired) electrons. The fourth-order valence-electron chi connectivity index (χ4n) is 2.75. The smallest absolute Gasteiger partial charge is 0.340 e. The molecule has 3 rings (SSSR count). The van der Waals surface area contributed by atoms with E-state index in [1.165, 1.54) is 18.2 Å². The highest BCUT2D eigenvalue weighted by Crippen LogP contribution is 2.32. The highest BCUT2D eigenvalue weighted by molar-refractivity contribution is 5.94. The van der Waals surface area contributed by atoms with E-state index in [1.54, 1.807) is 19.9 Å². The number of fused-ring (bicyclic) bond motifs is 1. The fourth-order valence-corrected chi connectivity index (χ4v) is 2.75. The van der Waals surface area contributed by atoms with E-state index in [-0.39, 0.29) is 40.1 Å². The summed E-state index contributed by atoms with van der Waals surface area (Å²) in [6.07, 6.45) is -0.306. The molecule has 1 amide bonds. The van der Waals surface area contributed by atoms with Crippen LogP contribution < -0.4 is 10.9 Å². The molecule has 7 heteroatoms. The van der Waals surface area contributed by atoms with Crippen molar-refractivity contribution in [3.8, 4) is 11.5 Å². The van der Waals surface area contributed by atoms with Gasteiger partial charge in [-0.3, -0.25) is 4.79 Å². The summed E-state index contributed by atoms with van der Waals surface area (Å²) < 4.78 is 18.7. The summed E-state index contributed by atoms with van der Waals surface area (Å²) in [5, 5.41) is 22.3. The Bertz CT molecular complexity index is 1090. The molecule has 1 aromatic heterocycles. The minimum atomic E-state index is -0.745. The molecule has 0 bridgehead atoms. The Morgan fingerprint density at radius 1 is 1.19 bits per heavy atom.